The third-order valence-corrected chi connectivity index (χ3v) is 1.12. The maximum atomic E-state index is 10.7. The highest BCUT2D eigenvalue weighted by Crippen LogP contribution is 2.03. The zero-order chi connectivity index (χ0) is 8.91. The molecule has 0 rings (SSSR count). The molecule has 11 heavy (non-hydrogen) atoms. The second-order valence-corrected chi connectivity index (χ2v) is 2.67. The van der Waals surface area contributed by atoms with E-state index in [2.05, 4.69) is 11.9 Å². The topological polar surface area (TPSA) is 38.3 Å². The molecule has 0 amide bonds. The van der Waals surface area contributed by atoms with Gasteiger partial charge in [-0.1, -0.05) is 13.5 Å². The first kappa shape index (κ1) is 10.2. The quantitative estimate of drug-likeness (QED) is 0.377. The second kappa shape index (κ2) is 4.13. The number of nitrogens with one attached hydrogen (secondary N) is 1. The number of hydrogen-bond donors (Lipinski definition) is 1. The molecule has 0 radical (unpaired) electrons. The van der Waals surface area contributed by atoms with Gasteiger partial charge < -0.3 is 4.74 Å². The lowest BCUT2D eigenvalue weighted by Gasteiger charge is -2.24. The second-order valence-electron chi connectivity index (χ2n) is 2.67. The van der Waals surface area contributed by atoms with Crippen molar-refractivity contribution < 1.29 is 9.53 Å². The summed E-state index contributed by atoms with van der Waals surface area (Å²) >= 11 is 0. The van der Waals surface area contributed by atoms with Crippen LogP contribution in [-0.2, 0) is 9.53 Å². The van der Waals surface area contributed by atoms with Gasteiger partial charge in [0, 0.05) is 6.08 Å². The van der Waals surface area contributed by atoms with Crippen LogP contribution in [0.2, 0.25) is 0 Å². The Morgan fingerprint density at radius 3 is 2.64 bits per heavy atom. The Morgan fingerprint density at radius 1 is 1.73 bits per heavy atom. The van der Waals surface area contributed by atoms with Crippen LogP contribution >= 0.6 is 0 Å². The highest BCUT2D eigenvalue weighted by molar-refractivity contribution is 5.81. The summed E-state index contributed by atoms with van der Waals surface area (Å²) in [5.74, 6) is -0.407. The minimum atomic E-state index is -0.597. The molecule has 0 unspecified atom stereocenters. The molecular formula is C8H15NO2. The third kappa shape index (κ3) is 4.56. The molecule has 0 spiro atoms. The molecule has 0 saturated carbocycles. The highest BCUT2D eigenvalue weighted by atomic mass is 16.6. The normalized spacial score (nSPS) is 10.8. The van der Waals surface area contributed by atoms with Crippen LogP contribution in [0.25, 0.3) is 0 Å². The lowest BCUT2D eigenvalue weighted by molar-refractivity contribution is -0.152. The maximum absolute atomic E-state index is 10.7. The highest BCUT2D eigenvalue weighted by Gasteiger charge is 2.18. The monoisotopic (exact) mass is 157 g/mol. The van der Waals surface area contributed by atoms with E-state index in [-0.39, 0.29) is 0 Å². The summed E-state index contributed by atoms with van der Waals surface area (Å²) in [6, 6.07) is 0. The van der Waals surface area contributed by atoms with Crippen LogP contribution in [0.5, 0.6) is 0 Å². The van der Waals surface area contributed by atoms with Crippen LogP contribution in [0.3, 0.4) is 0 Å². The molecule has 0 bridgehead atoms. The molecule has 0 saturated heterocycles. The Kier molecular flexibility index (Phi) is 3.82. The molecule has 64 valence electrons. The van der Waals surface area contributed by atoms with E-state index in [4.69, 9.17) is 4.74 Å². The van der Waals surface area contributed by atoms with E-state index in [0.29, 0.717) is 0 Å². The smallest absolute Gasteiger partial charge is 0.331 e. The van der Waals surface area contributed by atoms with Crippen molar-refractivity contribution in [1.82, 2.24) is 5.32 Å². The molecule has 0 aliphatic heterocycles. The fraction of sp³-hybridized carbons (Fsp3) is 0.625. The van der Waals surface area contributed by atoms with Gasteiger partial charge in [0.1, 0.15) is 0 Å². The van der Waals surface area contributed by atoms with Gasteiger partial charge in [-0.05, 0) is 20.4 Å². The SMILES string of the molecule is C=CC(=O)OC(C)(C)NCC. The van der Waals surface area contributed by atoms with Crippen molar-refractivity contribution >= 4 is 5.97 Å². The Labute approximate surface area is 67.4 Å². The van der Waals surface area contributed by atoms with Crippen LogP contribution in [0.15, 0.2) is 12.7 Å². The first-order valence-electron chi connectivity index (χ1n) is 3.62. The average molecular weight is 157 g/mol. The summed E-state index contributed by atoms with van der Waals surface area (Å²) in [6.07, 6.45) is 1.15. The summed E-state index contributed by atoms with van der Waals surface area (Å²) in [7, 11) is 0. The van der Waals surface area contributed by atoms with Gasteiger partial charge in [-0.25, -0.2) is 4.79 Å². The van der Waals surface area contributed by atoms with Gasteiger partial charge in [0.25, 0.3) is 0 Å². The van der Waals surface area contributed by atoms with Crippen molar-refractivity contribution in [1.29, 1.82) is 0 Å². The van der Waals surface area contributed by atoms with E-state index in [1.807, 2.05) is 6.92 Å². The number of esters is 1. The third-order valence-electron chi connectivity index (χ3n) is 1.12. The lowest BCUT2D eigenvalue weighted by atomic mass is 10.3. The number of rotatable bonds is 4. The van der Waals surface area contributed by atoms with Crippen LogP contribution in [-0.4, -0.2) is 18.2 Å². The van der Waals surface area contributed by atoms with Crippen molar-refractivity contribution in [2.24, 2.45) is 0 Å². The van der Waals surface area contributed by atoms with Crippen molar-refractivity contribution in [2.45, 2.75) is 26.5 Å². The summed E-state index contributed by atoms with van der Waals surface area (Å²) in [5.41, 5.74) is -0.597. The van der Waals surface area contributed by atoms with Crippen molar-refractivity contribution in [3.05, 3.63) is 12.7 Å². The summed E-state index contributed by atoms with van der Waals surface area (Å²) in [4.78, 5) is 10.7. The van der Waals surface area contributed by atoms with Gasteiger partial charge >= 0.3 is 5.97 Å². The van der Waals surface area contributed by atoms with Crippen molar-refractivity contribution in [2.75, 3.05) is 6.54 Å². The standard InChI is InChI=1S/C8H15NO2/c1-5-7(10)11-8(3,4)9-6-2/h5,9H,1,6H2,2-4H3. The first-order chi connectivity index (χ1) is 5.02. The Balaban J connectivity index is 3.89. The predicted molar refractivity (Wildman–Crippen MR) is 44.0 cm³/mol. The molecule has 0 fully saturated rings. The maximum Gasteiger partial charge on any atom is 0.331 e. The summed E-state index contributed by atoms with van der Waals surface area (Å²) in [5, 5.41) is 3.00. The molecule has 0 aromatic carbocycles. The van der Waals surface area contributed by atoms with Crippen LogP contribution in [0.1, 0.15) is 20.8 Å². The molecular weight excluding hydrogens is 142 g/mol. The fourth-order valence-electron chi connectivity index (χ4n) is 0.755. The van der Waals surface area contributed by atoms with Gasteiger partial charge in [0.05, 0.1) is 0 Å². The van der Waals surface area contributed by atoms with Crippen LogP contribution in [0, 0.1) is 0 Å². The summed E-state index contributed by atoms with van der Waals surface area (Å²) in [6.45, 7) is 9.59. The number of ether oxygens (including phenoxy) is 1. The van der Waals surface area contributed by atoms with E-state index in [9.17, 15) is 4.79 Å². The van der Waals surface area contributed by atoms with Gasteiger partial charge in [0.15, 0.2) is 5.72 Å². The molecule has 0 atom stereocenters. The van der Waals surface area contributed by atoms with Gasteiger partial charge in [-0.2, -0.15) is 0 Å². The van der Waals surface area contributed by atoms with E-state index in [1.54, 1.807) is 13.8 Å². The predicted octanol–water partition coefficient (Wildman–Crippen LogP) is 1.06. The molecule has 3 heteroatoms. The van der Waals surface area contributed by atoms with Gasteiger partial charge in [0.2, 0.25) is 0 Å². The fourth-order valence-corrected chi connectivity index (χ4v) is 0.755. The minimum Gasteiger partial charge on any atom is -0.441 e. The first-order valence-corrected chi connectivity index (χ1v) is 3.62. The minimum absolute atomic E-state index is 0.407. The molecule has 0 aliphatic carbocycles. The molecule has 1 N–H and O–H groups in total. The van der Waals surface area contributed by atoms with E-state index in [0.717, 1.165) is 12.6 Å². The van der Waals surface area contributed by atoms with Gasteiger partial charge in [-0.3, -0.25) is 5.32 Å². The average Bonchev–Trinajstić information content (AvgIpc) is 1.86. The van der Waals surface area contributed by atoms with E-state index < -0.39 is 11.7 Å². The number of carbonyl (C=O) groups is 1. The van der Waals surface area contributed by atoms with Crippen molar-refractivity contribution in [3.8, 4) is 0 Å². The zero-order valence-corrected chi connectivity index (χ0v) is 7.31. The van der Waals surface area contributed by atoms with Crippen molar-refractivity contribution in [3.63, 3.8) is 0 Å². The van der Waals surface area contributed by atoms with Gasteiger partial charge in [-0.15, -0.1) is 0 Å². The van der Waals surface area contributed by atoms with E-state index in [1.165, 1.54) is 0 Å². The largest absolute Gasteiger partial charge is 0.441 e. The zero-order valence-electron chi connectivity index (χ0n) is 7.31. The number of hydrogen-bond acceptors (Lipinski definition) is 3. The number of carbonyl (C=O) groups excluding carboxylic acids is 1. The van der Waals surface area contributed by atoms with Crippen LogP contribution in [0.4, 0.5) is 0 Å². The van der Waals surface area contributed by atoms with E-state index >= 15 is 0 Å². The Bertz CT molecular complexity index is 152. The van der Waals surface area contributed by atoms with Crippen LogP contribution < -0.4 is 5.32 Å². The molecule has 0 aliphatic rings. The molecule has 0 heterocycles. The molecule has 0 aromatic rings. The lowest BCUT2D eigenvalue weighted by Crippen LogP contribution is -2.43. The Hall–Kier alpha value is -0.830. The molecule has 0 aromatic heterocycles. The molecule has 3 nitrogen and oxygen atoms in total. The Morgan fingerprint density at radius 2 is 2.27 bits per heavy atom. The summed E-state index contributed by atoms with van der Waals surface area (Å²) < 4.78 is 4.96.